The van der Waals surface area contributed by atoms with Gasteiger partial charge in [-0.2, -0.15) is 0 Å². The fourth-order valence-electron chi connectivity index (χ4n) is 2.06. The average Bonchev–Trinajstić information content (AvgIpc) is 2.32. The Hall–Kier alpha value is -0.880. The molecule has 1 aliphatic rings. The van der Waals surface area contributed by atoms with E-state index in [1.54, 1.807) is 24.8 Å². The Balaban J connectivity index is 2.35. The number of carbonyl (C=O) groups is 2. The highest BCUT2D eigenvalue weighted by atomic mass is 79.9. The summed E-state index contributed by atoms with van der Waals surface area (Å²) in [5, 5.41) is 2.78. The van der Waals surface area contributed by atoms with Crippen LogP contribution < -0.4 is 5.32 Å². The molecule has 0 unspecified atom stereocenters. The summed E-state index contributed by atoms with van der Waals surface area (Å²) in [5.41, 5.74) is -0.270. The van der Waals surface area contributed by atoms with Gasteiger partial charge < -0.3 is 10.2 Å². The van der Waals surface area contributed by atoms with Crippen molar-refractivity contribution in [3.63, 3.8) is 0 Å². The summed E-state index contributed by atoms with van der Waals surface area (Å²) in [6, 6.07) is 5.39. The van der Waals surface area contributed by atoms with Gasteiger partial charge in [0.1, 0.15) is 5.54 Å². The lowest BCUT2D eigenvalue weighted by Gasteiger charge is -2.41. The second-order valence-corrected chi connectivity index (χ2v) is 6.67. The molecule has 1 fully saturated rings. The fraction of sp³-hybridized carbons (Fsp3) is 0.385. The summed E-state index contributed by atoms with van der Waals surface area (Å²) in [7, 11) is 0. The lowest BCUT2D eigenvalue weighted by molar-refractivity contribution is -0.133. The van der Waals surface area contributed by atoms with Crippen molar-refractivity contribution in [1.29, 1.82) is 0 Å². The van der Waals surface area contributed by atoms with E-state index in [-0.39, 0.29) is 11.8 Å². The first-order valence-corrected chi connectivity index (χ1v) is 7.48. The van der Waals surface area contributed by atoms with Crippen molar-refractivity contribution in [3.05, 3.63) is 32.7 Å². The van der Waals surface area contributed by atoms with Crippen LogP contribution in [0.2, 0.25) is 0 Å². The van der Waals surface area contributed by atoms with Crippen LogP contribution in [0.3, 0.4) is 0 Å². The van der Waals surface area contributed by atoms with Gasteiger partial charge in [0.05, 0.1) is 5.56 Å². The molecule has 2 amide bonds. The monoisotopic (exact) mass is 388 g/mol. The molecule has 1 saturated heterocycles. The molecule has 6 heteroatoms. The molecule has 1 aromatic rings. The van der Waals surface area contributed by atoms with Crippen LogP contribution in [-0.4, -0.2) is 35.3 Å². The van der Waals surface area contributed by atoms with E-state index in [2.05, 4.69) is 37.2 Å². The van der Waals surface area contributed by atoms with Crippen LogP contribution in [0.4, 0.5) is 0 Å². The van der Waals surface area contributed by atoms with E-state index >= 15 is 0 Å². The number of hydrogen-bond donors (Lipinski definition) is 1. The average molecular weight is 390 g/mol. The number of hydrogen-bond acceptors (Lipinski definition) is 2. The van der Waals surface area contributed by atoms with Gasteiger partial charge in [-0.15, -0.1) is 0 Å². The van der Waals surface area contributed by atoms with Crippen LogP contribution in [-0.2, 0) is 4.79 Å². The summed E-state index contributed by atoms with van der Waals surface area (Å²) in [6.45, 7) is 4.51. The van der Waals surface area contributed by atoms with E-state index < -0.39 is 5.54 Å². The number of carbonyl (C=O) groups excluding carboxylic acids is 2. The van der Waals surface area contributed by atoms with Crippen LogP contribution >= 0.6 is 31.9 Å². The highest BCUT2D eigenvalue weighted by molar-refractivity contribution is 9.11. The highest BCUT2D eigenvalue weighted by Crippen LogP contribution is 2.26. The zero-order valence-electron chi connectivity index (χ0n) is 10.7. The minimum Gasteiger partial charge on any atom is -0.352 e. The molecule has 1 N–H and O–H groups in total. The SMILES string of the molecule is CC1(C)C(=O)NCCN1C(=O)c1ccc(Br)cc1Br. The third-order valence-corrected chi connectivity index (χ3v) is 4.41. The van der Waals surface area contributed by atoms with Crippen LogP contribution in [0.1, 0.15) is 24.2 Å². The van der Waals surface area contributed by atoms with Gasteiger partial charge >= 0.3 is 0 Å². The maximum absolute atomic E-state index is 12.6. The predicted octanol–water partition coefficient (Wildman–Crippen LogP) is 2.56. The summed E-state index contributed by atoms with van der Waals surface area (Å²) in [4.78, 5) is 26.1. The molecule has 0 aromatic heterocycles. The van der Waals surface area contributed by atoms with E-state index in [9.17, 15) is 9.59 Å². The van der Waals surface area contributed by atoms with Crippen LogP contribution in [0.15, 0.2) is 27.1 Å². The first-order chi connectivity index (χ1) is 8.84. The molecule has 0 spiro atoms. The molecule has 0 atom stereocenters. The van der Waals surface area contributed by atoms with Gasteiger partial charge in [0, 0.05) is 22.0 Å². The van der Waals surface area contributed by atoms with Crippen LogP contribution in [0.25, 0.3) is 0 Å². The third-order valence-electron chi connectivity index (χ3n) is 3.26. The molecule has 0 radical (unpaired) electrons. The van der Waals surface area contributed by atoms with E-state index in [1.807, 2.05) is 12.1 Å². The van der Waals surface area contributed by atoms with Gasteiger partial charge in [-0.3, -0.25) is 9.59 Å². The first kappa shape index (κ1) is 14.5. The molecule has 1 heterocycles. The van der Waals surface area contributed by atoms with E-state index in [0.717, 1.165) is 4.47 Å². The zero-order valence-corrected chi connectivity index (χ0v) is 13.8. The Morgan fingerprint density at radius 1 is 1.37 bits per heavy atom. The van der Waals surface area contributed by atoms with Gasteiger partial charge in [-0.25, -0.2) is 0 Å². The number of nitrogens with zero attached hydrogens (tertiary/aromatic N) is 1. The zero-order chi connectivity index (χ0) is 14.2. The van der Waals surface area contributed by atoms with Crippen molar-refractivity contribution in [3.8, 4) is 0 Å². The maximum atomic E-state index is 12.6. The van der Waals surface area contributed by atoms with Gasteiger partial charge in [0.15, 0.2) is 0 Å². The lowest BCUT2D eigenvalue weighted by atomic mass is 9.97. The highest BCUT2D eigenvalue weighted by Gasteiger charge is 2.41. The minimum absolute atomic E-state index is 0.125. The largest absolute Gasteiger partial charge is 0.352 e. The topological polar surface area (TPSA) is 49.4 Å². The van der Waals surface area contributed by atoms with E-state index in [0.29, 0.717) is 23.1 Å². The molecule has 1 aliphatic heterocycles. The van der Waals surface area contributed by atoms with Crippen molar-refractivity contribution in [2.75, 3.05) is 13.1 Å². The summed E-state index contributed by atoms with van der Waals surface area (Å²) in [6.07, 6.45) is 0. The first-order valence-electron chi connectivity index (χ1n) is 5.89. The van der Waals surface area contributed by atoms with Gasteiger partial charge in [-0.1, -0.05) is 15.9 Å². The molecule has 102 valence electrons. The Labute approximate surface area is 128 Å². The molecule has 0 aliphatic carbocycles. The Morgan fingerprint density at radius 3 is 2.68 bits per heavy atom. The maximum Gasteiger partial charge on any atom is 0.255 e. The molecule has 1 aromatic carbocycles. The molecular weight excluding hydrogens is 376 g/mol. The second-order valence-electron chi connectivity index (χ2n) is 4.90. The Kier molecular flexibility index (Phi) is 4.01. The summed E-state index contributed by atoms with van der Waals surface area (Å²) >= 11 is 6.74. The van der Waals surface area contributed by atoms with Crippen molar-refractivity contribution >= 4 is 43.7 Å². The minimum atomic E-state index is -0.832. The predicted molar refractivity (Wildman–Crippen MR) is 80.0 cm³/mol. The standard InChI is InChI=1S/C13H14Br2N2O2/c1-13(2)12(19)16-5-6-17(13)11(18)9-4-3-8(14)7-10(9)15/h3-4,7H,5-6H2,1-2H3,(H,16,19). The molecule has 19 heavy (non-hydrogen) atoms. The quantitative estimate of drug-likeness (QED) is 0.802. The van der Waals surface area contributed by atoms with Gasteiger partial charge in [-0.05, 0) is 48.0 Å². The molecule has 4 nitrogen and oxygen atoms in total. The summed E-state index contributed by atoms with van der Waals surface area (Å²) in [5.74, 6) is -0.264. The van der Waals surface area contributed by atoms with Crippen LogP contribution in [0, 0.1) is 0 Å². The Bertz CT molecular complexity index is 543. The number of rotatable bonds is 1. The number of nitrogens with one attached hydrogen (secondary N) is 1. The number of benzene rings is 1. The Morgan fingerprint density at radius 2 is 2.05 bits per heavy atom. The number of piperazine rings is 1. The fourth-order valence-corrected chi connectivity index (χ4v) is 3.28. The normalized spacial score (nSPS) is 18.1. The van der Waals surface area contributed by atoms with Crippen molar-refractivity contribution < 1.29 is 9.59 Å². The molecule has 2 rings (SSSR count). The van der Waals surface area contributed by atoms with Crippen molar-refractivity contribution in [2.24, 2.45) is 0 Å². The lowest BCUT2D eigenvalue weighted by Crippen LogP contribution is -2.63. The van der Waals surface area contributed by atoms with Gasteiger partial charge in [0.2, 0.25) is 5.91 Å². The summed E-state index contributed by atoms with van der Waals surface area (Å²) < 4.78 is 1.61. The van der Waals surface area contributed by atoms with E-state index in [1.165, 1.54) is 0 Å². The van der Waals surface area contributed by atoms with Gasteiger partial charge in [0.25, 0.3) is 5.91 Å². The van der Waals surface area contributed by atoms with E-state index in [4.69, 9.17) is 0 Å². The smallest absolute Gasteiger partial charge is 0.255 e. The molecule has 0 bridgehead atoms. The third kappa shape index (κ3) is 2.69. The molecular formula is C13H14Br2N2O2. The molecule has 0 saturated carbocycles. The number of amides is 2. The van der Waals surface area contributed by atoms with Crippen LogP contribution in [0.5, 0.6) is 0 Å². The van der Waals surface area contributed by atoms with Crippen molar-refractivity contribution in [1.82, 2.24) is 10.2 Å². The van der Waals surface area contributed by atoms with Crippen molar-refractivity contribution in [2.45, 2.75) is 19.4 Å². The number of halogens is 2. The second kappa shape index (κ2) is 5.25.